The number of carbonyl (C=O) groups is 2. The average molecular weight is 408 g/mol. The number of aliphatic hydroxyl groups is 1. The molecular formula is C22H22N3O5. The normalized spacial score (nSPS) is 14.2. The molecule has 3 rings (SSSR count). The minimum Gasteiger partial charge on any atom is -0.392 e. The van der Waals surface area contributed by atoms with Gasteiger partial charge >= 0.3 is 0 Å². The van der Waals surface area contributed by atoms with Gasteiger partial charge in [-0.25, -0.2) is 0 Å². The molecule has 0 bridgehead atoms. The third kappa shape index (κ3) is 4.55. The van der Waals surface area contributed by atoms with Gasteiger partial charge in [-0.1, -0.05) is 30.3 Å². The number of hydrogen-bond acceptors (Lipinski definition) is 5. The summed E-state index contributed by atoms with van der Waals surface area (Å²) in [6.45, 7) is 3.07. The SMILES string of the molecule is CC(=O)N1CCN(C(=O)/C=C/c2cc[c]c([N+](=O)[O-])c2-c2ccccc2CO)CC1. The lowest BCUT2D eigenvalue weighted by Crippen LogP contribution is -2.49. The highest BCUT2D eigenvalue weighted by molar-refractivity contribution is 5.94. The van der Waals surface area contributed by atoms with Gasteiger partial charge in [0.05, 0.1) is 23.2 Å². The summed E-state index contributed by atoms with van der Waals surface area (Å²) in [5.41, 5.74) is 1.63. The highest BCUT2D eigenvalue weighted by atomic mass is 16.6. The highest BCUT2D eigenvalue weighted by Gasteiger charge is 2.23. The molecule has 1 aliphatic rings. The molecule has 0 aliphatic carbocycles. The molecular weight excluding hydrogens is 386 g/mol. The highest BCUT2D eigenvalue weighted by Crippen LogP contribution is 2.35. The van der Waals surface area contributed by atoms with Gasteiger partial charge in [0.15, 0.2) is 0 Å². The van der Waals surface area contributed by atoms with Gasteiger partial charge in [0.1, 0.15) is 0 Å². The third-order valence-electron chi connectivity index (χ3n) is 5.09. The summed E-state index contributed by atoms with van der Waals surface area (Å²) in [6, 6.07) is 12.6. The molecule has 1 aliphatic heterocycles. The molecule has 0 spiro atoms. The number of hydrogen-bond donors (Lipinski definition) is 1. The van der Waals surface area contributed by atoms with Gasteiger partial charge in [-0.15, -0.1) is 0 Å². The number of nitrogens with zero attached hydrogens (tertiary/aromatic N) is 3. The number of nitro benzene ring substituents is 1. The van der Waals surface area contributed by atoms with Gasteiger partial charge in [0, 0.05) is 39.2 Å². The van der Waals surface area contributed by atoms with Crippen LogP contribution in [0.5, 0.6) is 0 Å². The zero-order chi connectivity index (χ0) is 21.7. The monoisotopic (exact) mass is 408 g/mol. The first-order valence-corrected chi connectivity index (χ1v) is 9.53. The number of aliphatic hydroxyl groups excluding tert-OH is 1. The number of nitro groups is 1. The smallest absolute Gasteiger partial charge is 0.285 e. The first kappa shape index (κ1) is 21.2. The molecule has 30 heavy (non-hydrogen) atoms. The van der Waals surface area contributed by atoms with Crippen molar-refractivity contribution in [2.24, 2.45) is 0 Å². The summed E-state index contributed by atoms with van der Waals surface area (Å²) in [4.78, 5) is 38.4. The van der Waals surface area contributed by atoms with Gasteiger partial charge in [-0.3, -0.25) is 19.7 Å². The largest absolute Gasteiger partial charge is 0.392 e. The van der Waals surface area contributed by atoms with Crippen molar-refractivity contribution in [3.8, 4) is 11.1 Å². The fourth-order valence-electron chi connectivity index (χ4n) is 3.48. The van der Waals surface area contributed by atoms with E-state index >= 15 is 0 Å². The predicted molar refractivity (Wildman–Crippen MR) is 111 cm³/mol. The molecule has 0 saturated carbocycles. The van der Waals surface area contributed by atoms with Crippen molar-refractivity contribution in [1.29, 1.82) is 0 Å². The van der Waals surface area contributed by atoms with E-state index < -0.39 is 4.92 Å². The van der Waals surface area contributed by atoms with Gasteiger partial charge < -0.3 is 14.9 Å². The fraction of sp³-hybridized carbons (Fsp3) is 0.273. The lowest BCUT2D eigenvalue weighted by molar-refractivity contribution is -0.384. The molecule has 0 unspecified atom stereocenters. The molecule has 8 nitrogen and oxygen atoms in total. The maximum Gasteiger partial charge on any atom is 0.285 e. The number of rotatable bonds is 5. The number of benzene rings is 2. The van der Waals surface area contributed by atoms with Crippen LogP contribution in [0, 0.1) is 16.2 Å². The fourth-order valence-corrected chi connectivity index (χ4v) is 3.48. The molecule has 1 N–H and O–H groups in total. The summed E-state index contributed by atoms with van der Waals surface area (Å²) < 4.78 is 0. The Morgan fingerprint density at radius 1 is 1.17 bits per heavy atom. The van der Waals surface area contributed by atoms with Crippen LogP contribution in [0.4, 0.5) is 5.69 Å². The van der Waals surface area contributed by atoms with Gasteiger partial charge in [-0.2, -0.15) is 0 Å². The number of amides is 2. The number of carbonyl (C=O) groups excluding carboxylic acids is 2. The summed E-state index contributed by atoms with van der Waals surface area (Å²) in [5, 5.41) is 21.3. The maximum atomic E-state index is 12.6. The van der Waals surface area contributed by atoms with E-state index in [1.807, 2.05) is 0 Å². The van der Waals surface area contributed by atoms with Gasteiger partial charge in [-0.05, 0) is 28.8 Å². The van der Waals surface area contributed by atoms with Crippen LogP contribution in [-0.2, 0) is 16.2 Å². The van der Waals surface area contributed by atoms with Crippen molar-refractivity contribution >= 4 is 23.6 Å². The Labute approximate surface area is 174 Å². The Balaban J connectivity index is 1.91. The van der Waals surface area contributed by atoms with E-state index in [0.29, 0.717) is 48.4 Å². The Morgan fingerprint density at radius 3 is 2.47 bits per heavy atom. The molecule has 1 saturated heterocycles. The standard InChI is InChI=1S/C22H22N3O5/c1-16(27)23-11-13-24(14-12-23)21(28)10-9-17-6-4-8-20(25(29)30)22(17)19-7-3-2-5-18(19)15-26/h2-7,9-10,26H,11-15H2,1H3/b10-9+. The average Bonchev–Trinajstić information content (AvgIpc) is 2.77. The summed E-state index contributed by atoms with van der Waals surface area (Å²) in [7, 11) is 0. The van der Waals surface area contributed by atoms with E-state index in [2.05, 4.69) is 6.07 Å². The van der Waals surface area contributed by atoms with Crippen molar-refractivity contribution in [1.82, 2.24) is 9.80 Å². The Kier molecular flexibility index (Phi) is 6.58. The molecule has 1 heterocycles. The predicted octanol–water partition coefficient (Wildman–Crippen LogP) is 2.26. The second-order valence-corrected chi connectivity index (χ2v) is 6.89. The van der Waals surface area contributed by atoms with E-state index in [4.69, 9.17) is 0 Å². The van der Waals surface area contributed by atoms with E-state index in [1.165, 1.54) is 19.1 Å². The van der Waals surface area contributed by atoms with Crippen molar-refractivity contribution in [2.75, 3.05) is 26.2 Å². The molecule has 2 amide bonds. The second kappa shape index (κ2) is 9.32. The summed E-state index contributed by atoms with van der Waals surface area (Å²) in [5.74, 6) is -0.243. The topological polar surface area (TPSA) is 104 Å². The summed E-state index contributed by atoms with van der Waals surface area (Å²) >= 11 is 0. The van der Waals surface area contributed by atoms with Crippen LogP contribution in [-0.4, -0.2) is 57.8 Å². The maximum absolute atomic E-state index is 12.6. The van der Waals surface area contributed by atoms with Crippen LogP contribution in [0.3, 0.4) is 0 Å². The zero-order valence-electron chi connectivity index (χ0n) is 16.6. The van der Waals surface area contributed by atoms with Crippen LogP contribution in [0.2, 0.25) is 0 Å². The van der Waals surface area contributed by atoms with Crippen LogP contribution >= 0.6 is 0 Å². The quantitative estimate of drug-likeness (QED) is 0.464. The van der Waals surface area contributed by atoms with Gasteiger partial charge in [0.25, 0.3) is 5.69 Å². The first-order valence-electron chi connectivity index (χ1n) is 9.53. The van der Waals surface area contributed by atoms with E-state index in [9.17, 15) is 24.8 Å². The Bertz CT molecular complexity index is 994. The van der Waals surface area contributed by atoms with Crippen molar-refractivity contribution in [3.63, 3.8) is 0 Å². The zero-order valence-corrected chi connectivity index (χ0v) is 16.6. The van der Waals surface area contributed by atoms with Crippen LogP contribution in [0.15, 0.2) is 42.5 Å². The van der Waals surface area contributed by atoms with Crippen LogP contribution in [0.1, 0.15) is 18.1 Å². The lowest BCUT2D eigenvalue weighted by atomic mass is 9.93. The molecule has 2 aromatic rings. The Hall–Kier alpha value is -3.52. The molecule has 1 radical (unpaired) electrons. The van der Waals surface area contributed by atoms with Crippen LogP contribution in [0.25, 0.3) is 17.2 Å². The molecule has 1 fully saturated rings. The molecule has 0 atom stereocenters. The molecule has 2 aromatic carbocycles. The van der Waals surface area contributed by atoms with E-state index in [0.717, 1.165) is 0 Å². The van der Waals surface area contributed by atoms with Crippen LogP contribution < -0.4 is 0 Å². The van der Waals surface area contributed by atoms with Gasteiger partial charge in [0.2, 0.25) is 11.8 Å². The Morgan fingerprint density at radius 2 is 1.83 bits per heavy atom. The van der Waals surface area contributed by atoms with E-state index in [-0.39, 0.29) is 24.1 Å². The van der Waals surface area contributed by atoms with E-state index in [1.54, 1.807) is 46.2 Å². The molecule has 8 heteroatoms. The second-order valence-electron chi connectivity index (χ2n) is 6.89. The number of piperazine rings is 1. The third-order valence-corrected chi connectivity index (χ3v) is 5.09. The van der Waals surface area contributed by atoms with Crippen molar-refractivity contribution in [2.45, 2.75) is 13.5 Å². The van der Waals surface area contributed by atoms with Crippen molar-refractivity contribution < 1.29 is 19.6 Å². The minimum atomic E-state index is -0.524. The lowest BCUT2D eigenvalue weighted by Gasteiger charge is -2.33. The molecule has 155 valence electrons. The van der Waals surface area contributed by atoms with Crippen molar-refractivity contribution in [3.05, 3.63) is 69.8 Å². The first-order chi connectivity index (χ1) is 14.4. The summed E-state index contributed by atoms with van der Waals surface area (Å²) in [6.07, 6.45) is 2.93. The minimum absolute atomic E-state index is 0.0160. The molecule has 0 aromatic heterocycles.